The van der Waals surface area contributed by atoms with E-state index in [0.29, 0.717) is 24.6 Å². The fourth-order valence-electron chi connectivity index (χ4n) is 2.96. The lowest BCUT2D eigenvalue weighted by Gasteiger charge is -2.38. The first kappa shape index (κ1) is 21.6. The highest BCUT2D eigenvalue weighted by Gasteiger charge is 2.30. The molecule has 2 unspecified atom stereocenters. The molecule has 1 saturated heterocycles. The second-order valence-electron chi connectivity index (χ2n) is 6.19. The van der Waals surface area contributed by atoms with Crippen LogP contribution in [0.25, 0.3) is 0 Å². The Hall–Kier alpha value is -1.41. The van der Waals surface area contributed by atoms with Crippen LogP contribution in [0.2, 0.25) is 0 Å². The minimum atomic E-state index is -3.65. The van der Waals surface area contributed by atoms with E-state index in [9.17, 15) is 13.2 Å². The molecule has 2 atom stereocenters. The first-order valence-corrected chi connectivity index (χ1v) is 9.59. The maximum absolute atomic E-state index is 12.8. The largest absolute Gasteiger partial charge is 0.334 e. The topological polar surface area (TPSA) is 92.5 Å². The van der Waals surface area contributed by atoms with Crippen molar-refractivity contribution >= 4 is 28.3 Å². The summed E-state index contributed by atoms with van der Waals surface area (Å²) in [6, 6.07) is 6.11. The number of nitrogens with two attached hydrogens (primary N) is 1. The van der Waals surface area contributed by atoms with E-state index in [1.165, 1.54) is 18.2 Å². The van der Waals surface area contributed by atoms with Gasteiger partial charge in [0, 0.05) is 31.2 Å². The first-order chi connectivity index (χ1) is 11.4. The van der Waals surface area contributed by atoms with Crippen LogP contribution in [-0.4, -0.2) is 44.9 Å². The number of piperidine rings is 1. The van der Waals surface area contributed by atoms with Crippen molar-refractivity contribution in [3.8, 4) is 0 Å². The van der Waals surface area contributed by atoms with Crippen LogP contribution >= 0.6 is 12.4 Å². The molecule has 2 rings (SSSR count). The molecule has 0 aliphatic carbocycles. The molecular formula is C17H26ClN3O3S. The molecule has 1 aliphatic rings. The molecule has 0 aromatic heterocycles. The molecule has 1 heterocycles. The van der Waals surface area contributed by atoms with E-state index in [1.54, 1.807) is 17.0 Å². The van der Waals surface area contributed by atoms with Crippen LogP contribution in [0.4, 0.5) is 0 Å². The van der Waals surface area contributed by atoms with Gasteiger partial charge in [0.1, 0.15) is 0 Å². The highest BCUT2D eigenvalue weighted by molar-refractivity contribution is 7.89. The van der Waals surface area contributed by atoms with Gasteiger partial charge < -0.3 is 10.6 Å². The standard InChI is InChI=1S/C17H25N3O3S.ClH/c1-3-8-19-24(22,23)16-6-4-5-14(11-16)17(21)20-9-7-13(2)10-15(20)12-18;/h3-6,11,13,15,19H,1,7-10,12,18H2,2H3;1H. The maximum Gasteiger partial charge on any atom is 0.254 e. The van der Waals surface area contributed by atoms with Crippen molar-refractivity contribution in [1.82, 2.24) is 9.62 Å². The molecule has 1 amide bonds. The predicted octanol–water partition coefficient (Wildman–Crippen LogP) is 1.77. The summed E-state index contributed by atoms with van der Waals surface area (Å²) in [6.45, 7) is 6.84. The molecule has 0 spiro atoms. The zero-order valence-corrected chi connectivity index (χ0v) is 16.0. The Kier molecular flexibility index (Phi) is 8.08. The van der Waals surface area contributed by atoms with Gasteiger partial charge in [-0.2, -0.15) is 0 Å². The fourth-order valence-corrected chi connectivity index (χ4v) is 4.00. The summed E-state index contributed by atoms with van der Waals surface area (Å²) < 4.78 is 26.8. The van der Waals surface area contributed by atoms with Gasteiger partial charge in [-0.15, -0.1) is 19.0 Å². The first-order valence-electron chi connectivity index (χ1n) is 8.10. The van der Waals surface area contributed by atoms with Gasteiger partial charge in [-0.05, 0) is 37.0 Å². The van der Waals surface area contributed by atoms with Crippen molar-refractivity contribution in [2.24, 2.45) is 11.7 Å². The maximum atomic E-state index is 12.8. The average Bonchev–Trinajstić information content (AvgIpc) is 2.59. The van der Waals surface area contributed by atoms with E-state index in [1.807, 2.05) is 0 Å². The number of carbonyl (C=O) groups excluding carboxylic acids is 1. The second kappa shape index (κ2) is 9.33. The van der Waals surface area contributed by atoms with Gasteiger partial charge in [-0.1, -0.05) is 19.1 Å². The Labute approximate surface area is 155 Å². The van der Waals surface area contributed by atoms with Crippen molar-refractivity contribution in [3.05, 3.63) is 42.5 Å². The zero-order valence-electron chi connectivity index (χ0n) is 14.3. The number of sulfonamides is 1. The van der Waals surface area contributed by atoms with E-state index in [2.05, 4.69) is 18.2 Å². The summed E-state index contributed by atoms with van der Waals surface area (Å²) in [5.41, 5.74) is 6.18. The van der Waals surface area contributed by atoms with E-state index in [-0.39, 0.29) is 35.8 Å². The molecule has 8 heteroatoms. The Morgan fingerprint density at radius 3 is 2.84 bits per heavy atom. The van der Waals surface area contributed by atoms with Crippen molar-refractivity contribution in [3.63, 3.8) is 0 Å². The van der Waals surface area contributed by atoms with Gasteiger partial charge >= 0.3 is 0 Å². The molecule has 6 nitrogen and oxygen atoms in total. The highest BCUT2D eigenvalue weighted by Crippen LogP contribution is 2.24. The lowest BCUT2D eigenvalue weighted by molar-refractivity contribution is 0.0573. The summed E-state index contributed by atoms with van der Waals surface area (Å²) in [4.78, 5) is 14.6. The normalized spacial score (nSPS) is 20.6. The van der Waals surface area contributed by atoms with Crippen molar-refractivity contribution < 1.29 is 13.2 Å². The number of benzene rings is 1. The lowest BCUT2D eigenvalue weighted by atomic mass is 9.92. The molecule has 1 aliphatic heterocycles. The monoisotopic (exact) mass is 387 g/mol. The minimum Gasteiger partial charge on any atom is -0.334 e. The van der Waals surface area contributed by atoms with Crippen molar-refractivity contribution in [1.29, 1.82) is 0 Å². The number of nitrogens with one attached hydrogen (secondary N) is 1. The highest BCUT2D eigenvalue weighted by atomic mass is 35.5. The summed E-state index contributed by atoms with van der Waals surface area (Å²) >= 11 is 0. The van der Waals surface area contributed by atoms with Crippen LogP contribution < -0.4 is 10.5 Å². The van der Waals surface area contributed by atoms with Crippen LogP contribution in [0.5, 0.6) is 0 Å². The number of amides is 1. The molecule has 1 fully saturated rings. The average molecular weight is 388 g/mol. The second-order valence-corrected chi connectivity index (χ2v) is 7.95. The SMILES string of the molecule is C=CCNS(=O)(=O)c1cccc(C(=O)N2CCC(C)CC2CN)c1.Cl. The van der Waals surface area contributed by atoms with Gasteiger partial charge in [-0.3, -0.25) is 4.79 Å². The Morgan fingerprint density at radius 2 is 2.20 bits per heavy atom. The van der Waals surface area contributed by atoms with E-state index < -0.39 is 10.0 Å². The smallest absolute Gasteiger partial charge is 0.254 e. The van der Waals surface area contributed by atoms with Crippen molar-refractivity contribution in [2.45, 2.75) is 30.7 Å². The third-order valence-corrected chi connectivity index (χ3v) is 5.74. The molecule has 0 radical (unpaired) electrons. The van der Waals surface area contributed by atoms with Gasteiger partial charge in [0.25, 0.3) is 5.91 Å². The van der Waals surface area contributed by atoms with Gasteiger partial charge in [0.05, 0.1) is 4.90 Å². The molecule has 1 aromatic carbocycles. The molecule has 140 valence electrons. The van der Waals surface area contributed by atoms with Crippen LogP contribution in [0, 0.1) is 5.92 Å². The molecule has 0 bridgehead atoms. The van der Waals surface area contributed by atoms with Gasteiger partial charge in [0.2, 0.25) is 10.0 Å². The summed E-state index contributed by atoms with van der Waals surface area (Å²) in [5.74, 6) is 0.371. The quantitative estimate of drug-likeness (QED) is 0.727. The van der Waals surface area contributed by atoms with E-state index >= 15 is 0 Å². The third kappa shape index (κ3) is 5.28. The molecule has 1 aromatic rings. The Morgan fingerprint density at radius 1 is 1.48 bits per heavy atom. The minimum absolute atomic E-state index is 0. The molecular weight excluding hydrogens is 362 g/mol. The number of likely N-dealkylation sites (tertiary alicyclic amines) is 1. The fraction of sp³-hybridized carbons (Fsp3) is 0.471. The van der Waals surface area contributed by atoms with Gasteiger partial charge in [-0.25, -0.2) is 13.1 Å². The zero-order chi connectivity index (χ0) is 17.7. The lowest BCUT2D eigenvalue weighted by Crippen LogP contribution is -2.49. The summed E-state index contributed by atoms with van der Waals surface area (Å²) in [7, 11) is -3.65. The van der Waals surface area contributed by atoms with Gasteiger partial charge in [0.15, 0.2) is 0 Å². The Balaban J connectivity index is 0.00000312. The van der Waals surface area contributed by atoms with Crippen LogP contribution in [-0.2, 0) is 10.0 Å². The Bertz CT molecular complexity index is 709. The third-order valence-electron chi connectivity index (χ3n) is 4.32. The predicted molar refractivity (Wildman–Crippen MR) is 101 cm³/mol. The van der Waals surface area contributed by atoms with Crippen LogP contribution in [0.3, 0.4) is 0 Å². The number of carbonyl (C=O) groups is 1. The number of halogens is 1. The molecule has 25 heavy (non-hydrogen) atoms. The number of hydrogen-bond donors (Lipinski definition) is 2. The van der Waals surface area contributed by atoms with Crippen LogP contribution in [0.15, 0.2) is 41.8 Å². The van der Waals surface area contributed by atoms with E-state index in [4.69, 9.17) is 5.73 Å². The number of rotatable bonds is 6. The molecule has 3 N–H and O–H groups in total. The summed E-state index contributed by atoms with van der Waals surface area (Å²) in [5, 5.41) is 0. The van der Waals surface area contributed by atoms with Crippen molar-refractivity contribution in [2.75, 3.05) is 19.6 Å². The number of nitrogens with zero attached hydrogens (tertiary/aromatic N) is 1. The van der Waals surface area contributed by atoms with Crippen LogP contribution in [0.1, 0.15) is 30.1 Å². The summed E-state index contributed by atoms with van der Waals surface area (Å²) in [6.07, 6.45) is 3.27. The molecule has 0 saturated carbocycles. The van der Waals surface area contributed by atoms with E-state index in [0.717, 1.165) is 12.8 Å². The number of hydrogen-bond acceptors (Lipinski definition) is 4.